The number of nitrogens with zero attached hydrogens (tertiary/aromatic N) is 1. The Kier molecular flexibility index (Phi) is 4.41. The van der Waals surface area contributed by atoms with Gasteiger partial charge >= 0.3 is 5.97 Å². The van der Waals surface area contributed by atoms with Crippen molar-refractivity contribution in [2.75, 3.05) is 6.61 Å². The Bertz CT molecular complexity index is 486. The topological polar surface area (TPSA) is 67.2 Å². The second-order valence-electron chi connectivity index (χ2n) is 3.36. The van der Waals surface area contributed by atoms with E-state index in [2.05, 4.69) is 0 Å². The summed E-state index contributed by atoms with van der Waals surface area (Å²) in [4.78, 5) is 22.7. The average molecular weight is 231 g/mol. The van der Waals surface area contributed by atoms with Gasteiger partial charge in [0.1, 0.15) is 0 Å². The highest BCUT2D eigenvalue weighted by Gasteiger charge is 2.17. The standard InChI is InChI=1S/C13H13NO3/c1-3-10-11(13(16)17-4-2)6-5-9(7-14)12(10)8-15/h5-6,8H,3-4H2,1-2H3. The Labute approximate surface area is 99.8 Å². The molecular weight excluding hydrogens is 218 g/mol. The number of hydrogen-bond donors (Lipinski definition) is 0. The highest BCUT2D eigenvalue weighted by Crippen LogP contribution is 2.19. The summed E-state index contributed by atoms with van der Waals surface area (Å²) >= 11 is 0. The van der Waals surface area contributed by atoms with Crippen LogP contribution < -0.4 is 0 Å². The van der Waals surface area contributed by atoms with Crippen LogP contribution in [0.15, 0.2) is 12.1 Å². The molecule has 0 saturated heterocycles. The van der Waals surface area contributed by atoms with Crippen molar-refractivity contribution in [3.63, 3.8) is 0 Å². The number of esters is 1. The molecule has 0 amide bonds. The number of hydrogen-bond acceptors (Lipinski definition) is 4. The molecule has 4 heteroatoms. The molecule has 0 unspecified atom stereocenters. The number of benzene rings is 1. The van der Waals surface area contributed by atoms with Crippen LogP contribution in [-0.2, 0) is 11.2 Å². The molecule has 0 saturated carbocycles. The lowest BCUT2D eigenvalue weighted by molar-refractivity contribution is 0.0525. The van der Waals surface area contributed by atoms with Gasteiger partial charge in [0.05, 0.1) is 23.8 Å². The average Bonchev–Trinajstić information content (AvgIpc) is 2.36. The summed E-state index contributed by atoms with van der Waals surface area (Å²) in [6.45, 7) is 3.82. The number of carbonyl (C=O) groups excluding carboxylic acids is 2. The predicted molar refractivity (Wildman–Crippen MR) is 61.9 cm³/mol. The summed E-state index contributed by atoms with van der Waals surface area (Å²) in [7, 11) is 0. The van der Waals surface area contributed by atoms with E-state index in [0.29, 0.717) is 23.8 Å². The molecule has 0 bridgehead atoms. The van der Waals surface area contributed by atoms with E-state index in [-0.39, 0.29) is 17.7 Å². The molecule has 0 spiro atoms. The fourth-order valence-electron chi connectivity index (χ4n) is 1.68. The Balaban J connectivity index is 3.39. The third-order valence-corrected chi connectivity index (χ3v) is 2.44. The number of rotatable bonds is 4. The predicted octanol–water partition coefficient (Wildman–Crippen LogP) is 2.11. The second kappa shape index (κ2) is 5.80. The first-order chi connectivity index (χ1) is 8.19. The molecular formula is C13H13NO3. The maximum absolute atomic E-state index is 11.7. The van der Waals surface area contributed by atoms with E-state index in [1.165, 1.54) is 12.1 Å². The largest absolute Gasteiger partial charge is 0.462 e. The van der Waals surface area contributed by atoms with Crippen molar-refractivity contribution in [1.82, 2.24) is 0 Å². The molecule has 88 valence electrons. The second-order valence-corrected chi connectivity index (χ2v) is 3.36. The van der Waals surface area contributed by atoms with Gasteiger partial charge in [-0.15, -0.1) is 0 Å². The summed E-state index contributed by atoms with van der Waals surface area (Å²) in [5, 5.41) is 8.88. The lowest BCUT2D eigenvalue weighted by Gasteiger charge is -2.10. The van der Waals surface area contributed by atoms with Crippen LogP contribution in [-0.4, -0.2) is 18.9 Å². The SMILES string of the molecule is CCOC(=O)c1ccc(C#N)c(C=O)c1CC. The monoisotopic (exact) mass is 231 g/mol. The van der Waals surface area contributed by atoms with Gasteiger partial charge in [-0.05, 0) is 31.0 Å². The van der Waals surface area contributed by atoms with Gasteiger partial charge in [-0.3, -0.25) is 4.79 Å². The normalized spacial score (nSPS) is 9.47. The van der Waals surface area contributed by atoms with Gasteiger partial charge in [-0.25, -0.2) is 4.79 Å². The van der Waals surface area contributed by atoms with E-state index in [4.69, 9.17) is 10.00 Å². The Hall–Kier alpha value is -2.15. The fraction of sp³-hybridized carbons (Fsp3) is 0.308. The first kappa shape index (κ1) is 12.9. The van der Waals surface area contributed by atoms with Gasteiger partial charge in [-0.1, -0.05) is 6.92 Å². The highest BCUT2D eigenvalue weighted by molar-refractivity contribution is 5.95. The molecule has 0 heterocycles. The van der Waals surface area contributed by atoms with Gasteiger partial charge in [0, 0.05) is 5.56 Å². The van der Waals surface area contributed by atoms with Crippen molar-refractivity contribution < 1.29 is 14.3 Å². The third-order valence-electron chi connectivity index (χ3n) is 2.44. The van der Waals surface area contributed by atoms with E-state index in [9.17, 15) is 9.59 Å². The van der Waals surface area contributed by atoms with Crippen molar-refractivity contribution in [3.05, 3.63) is 34.4 Å². The molecule has 0 aliphatic heterocycles. The molecule has 17 heavy (non-hydrogen) atoms. The fourth-order valence-corrected chi connectivity index (χ4v) is 1.68. The molecule has 0 N–H and O–H groups in total. The van der Waals surface area contributed by atoms with Crippen molar-refractivity contribution in [3.8, 4) is 6.07 Å². The smallest absolute Gasteiger partial charge is 0.338 e. The van der Waals surface area contributed by atoms with Crippen LogP contribution in [0.1, 0.15) is 45.7 Å². The molecule has 1 aromatic rings. The molecule has 4 nitrogen and oxygen atoms in total. The van der Waals surface area contributed by atoms with Gasteiger partial charge in [0.25, 0.3) is 0 Å². The van der Waals surface area contributed by atoms with Crippen molar-refractivity contribution >= 4 is 12.3 Å². The summed E-state index contributed by atoms with van der Waals surface area (Å²) in [5.74, 6) is -0.461. The molecule has 1 rings (SSSR count). The zero-order chi connectivity index (χ0) is 12.8. The van der Waals surface area contributed by atoms with Gasteiger partial charge in [0.2, 0.25) is 0 Å². The number of carbonyl (C=O) groups is 2. The van der Waals surface area contributed by atoms with Crippen molar-refractivity contribution in [2.24, 2.45) is 0 Å². The van der Waals surface area contributed by atoms with Crippen molar-refractivity contribution in [2.45, 2.75) is 20.3 Å². The maximum atomic E-state index is 11.7. The third kappa shape index (κ3) is 2.51. The lowest BCUT2D eigenvalue weighted by atomic mass is 9.95. The zero-order valence-electron chi connectivity index (χ0n) is 9.82. The quantitative estimate of drug-likeness (QED) is 0.588. The van der Waals surface area contributed by atoms with E-state index < -0.39 is 5.97 Å². The Morgan fingerprint density at radius 1 is 1.47 bits per heavy atom. The van der Waals surface area contributed by atoms with E-state index in [1.807, 2.05) is 13.0 Å². The van der Waals surface area contributed by atoms with Gasteiger partial charge in [0.15, 0.2) is 6.29 Å². The number of nitriles is 1. The van der Waals surface area contributed by atoms with Crippen LogP contribution >= 0.6 is 0 Å². The molecule has 0 atom stereocenters. The summed E-state index contributed by atoms with van der Waals surface area (Å²) < 4.78 is 4.91. The van der Waals surface area contributed by atoms with Crippen LogP contribution in [0.25, 0.3) is 0 Å². The summed E-state index contributed by atoms with van der Waals surface area (Å²) in [5.41, 5.74) is 1.48. The summed E-state index contributed by atoms with van der Waals surface area (Å²) in [6.07, 6.45) is 1.11. The molecule has 0 aliphatic carbocycles. The molecule has 0 radical (unpaired) electrons. The van der Waals surface area contributed by atoms with E-state index >= 15 is 0 Å². The minimum absolute atomic E-state index is 0.276. The molecule has 0 aromatic heterocycles. The van der Waals surface area contributed by atoms with Crippen molar-refractivity contribution in [1.29, 1.82) is 5.26 Å². The zero-order valence-corrected chi connectivity index (χ0v) is 9.82. The van der Waals surface area contributed by atoms with E-state index in [1.54, 1.807) is 6.92 Å². The van der Waals surface area contributed by atoms with Crippen LogP contribution in [0.3, 0.4) is 0 Å². The lowest BCUT2D eigenvalue weighted by Crippen LogP contribution is -2.10. The summed E-state index contributed by atoms with van der Waals surface area (Å²) in [6, 6.07) is 4.93. The Morgan fingerprint density at radius 2 is 2.18 bits per heavy atom. The Morgan fingerprint density at radius 3 is 2.65 bits per heavy atom. The first-order valence-corrected chi connectivity index (χ1v) is 5.37. The highest BCUT2D eigenvalue weighted by atomic mass is 16.5. The number of aldehydes is 1. The van der Waals surface area contributed by atoms with Crippen LogP contribution in [0.5, 0.6) is 0 Å². The van der Waals surface area contributed by atoms with Crippen LogP contribution in [0, 0.1) is 11.3 Å². The molecule has 1 aromatic carbocycles. The molecule has 0 fully saturated rings. The minimum atomic E-state index is -0.461. The van der Waals surface area contributed by atoms with Crippen LogP contribution in [0.4, 0.5) is 0 Å². The van der Waals surface area contributed by atoms with Gasteiger partial charge < -0.3 is 4.74 Å². The van der Waals surface area contributed by atoms with Crippen LogP contribution in [0.2, 0.25) is 0 Å². The minimum Gasteiger partial charge on any atom is -0.462 e. The number of ether oxygens (including phenoxy) is 1. The van der Waals surface area contributed by atoms with E-state index in [0.717, 1.165) is 0 Å². The van der Waals surface area contributed by atoms with Gasteiger partial charge in [-0.2, -0.15) is 5.26 Å². The molecule has 0 aliphatic rings. The maximum Gasteiger partial charge on any atom is 0.338 e. The first-order valence-electron chi connectivity index (χ1n) is 5.37.